The van der Waals surface area contributed by atoms with Crippen LogP contribution in [0.3, 0.4) is 0 Å². The second-order valence-corrected chi connectivity index (χ2v) is 3.58. The van der Waals surface area contributed by atoms with Gasteiger partial charge in [0.2, 0.25) is 11.5 Å². The van der Waals surface area contributed by atoms with Crippen LogP contribution in [0, 0.1) is 11.8 Å². The normalized spacial score (nSPS) is 9.47. The van der Waals surface area contributed by atoms with E-state index in [0.717, 1.165) is 6.07 Å². The highest BCUT2D eigenvalue weighted by Gasteiger charge is 2.19. The summed E-state index contributed by atoms with van der Waals surface area (Å²) in [4.78, 5) is 21.6. The van der Waals surface area contributed by atoms with E-state index >= 15 is 0 Å². The third-order valence-electron chi connectivity index (χ3n) is 2.25. The smallest absolute Gasteiger partial charge is 0.373 e. The molecule has 0 spiro atoms. The molecule has 0 saturated heterocycles. The van der Waals surface area contributed by atoms with Crippen LogP contribution in [0.1, 0.15) is 32.2 Å². The molecule has 5 heteroatoms. The van der Waals surface area contributed by atoms with Gasteiger partial charge in [-0.15, -0.1) is 0 Å². The summed E-state index contributed by atoms with van der Waals surface area (Å²) in [6, 6.07) is 10.0. The minimum Gasteiger partial charge on any atom is -0.475 e. The van der Waals surface area contributed by atoms with Crippen molar-refractivity contribution in [1.29, 1.82) is 0 Å². The van der Waals surface area contributed by atoms with Crippen LogP contribution in [0.2, 0.25) is 0 Å². The Hall–Kier alpha value is -3.00. The molecular formula is C14H8O5. The van der Waals surface area contributed by atoms with Gasteiger partial charge < -0.3 is 14.6 Å². The van der Waals surface area contributed by atoms with Crippen molar-refractivity contribution < 1.29 is 24.2 Å². The largest absolute Gasteiger partial charge is 0.475 e. The summed E-state index contributed by atoms with van der Waals surface area (Å²) in [5.41, 5.74) is 0.727. The summed E-state index contributed by atoms with van der Waals surface area (Å²) >= 11 is 0. The number of carboxylic acid groups (broad SMARTS) is 2. The van der Waals surface area contributed by atoms with E-state index in [-0.39, 0.29) is 5.56 Å². The van der Waals surface area contributed by atoms with Crippen LogP contribution >= 0.6 is 0 Å². The van der Waals surface area contributed by atoms with Crippen LogP contribution < -0.4 is 0 Å². The molecule has 0 fully saturated rings. The molecule has 0 aliphatic carbocycles. The van der Waals surface area contributed by atoms with Gasteiger partial charge in [-0.1, -0.05) is 30.0 Å². The van der Waals surface area contributed by atoms with Gasteiger partial charge in [-0.2, -0.15) is 0 Å². The number of carboxylic acids is 2. The molecule has 0 aliphatic heterocycles. The molecule has 1 aromatic carbocycles. The number of carbonyl (C=O) groups is 2. The van der Waals surface area contributed by atoms with Crippen LogP contribution in [0.4, 0.5) is 0 Å². The van der Waals surface area contributed by atoms with Crippen LogP contribution in [-0.2, 0) is 0 Å². The monoisotopic (exact) mass is 256 g/mol. The van der Waals surface area contributed by atoms with E-state index in [4.69, 9.17) is 14.6 Å². The molecule has 0 aliphatic rings. The lowest BCUT2D eigenvalue weighted by Gasteiger charge is -1.88. The predicted octanol–water partition coefficient (Wildman–Crippen LogP) is 2.08. The van der Waals surface area contributed by atoms with Gasteiger partial charge in [-0.25, -0.2) is 9.59 Å². The fourth-order valence-corrected chi connectivity index (χ4v) is 1.41. The Bertz CT molecular complexity index is 686. The van der Waals surface area contributed by atoms with E-state index in [1.165, 1.54) is 0 Å². The van der Waals surface area contributed by atoms with Crippen molar-refractivity contribution in [1.82, 2.24) is 0 Å². The quantitative estimate of drug-likeness (QED) is 0.803. The maximum absolute atomic E-state index is 10.9. The second-order valence-electron chi connectivity index (χ2n) is 3.58. The highest BCUT2D eigenvalue weighted by Crippen LogP contribution is 2.15. The number of hydrogen-bond acceptors (Lipinski definition) is 3. The average Bonchev–Trinajstić information content (AvgIpc) is 2.82. The van der Waals surface area contributed by atoms with Gasteiger partial charge in [-0.3, -0.25) is 0 Å². The Morgan fingerprint density at radius 2 is 1.68 bits per heavy atom. The zero-order chi connectivity index (χ0) is 13.8. The number of aromatic carboxylic acids is 2. The Balaban J connectivity index is 2.43. The fourth-order valence-electron chi connectivity index (χ4n) is 1.41. The molecule has 2 N–H and O–H groups in total. The van der Waals surface area contributed by atoms with Gasteiger partial charge in [0.05, 0.1) is 5.56 Å². The summed E-state index contributed by atoms with van der Waals surface area (Å²) < 4.78 is 4.72. The molecule has 5 nitrogen and oxygen atoms in total. The van der Waals surface area contributed by atoms with Crippen molar-refractivity contribution >= 4 is 11.9 Å². The third-order valence-corrected chi connectivity index (χ3v) is 2.25. The van der Waals surface area contributed by atoms with E-state index in [1.807, 2.05) is 6.07 Å². The topological polar surface area (TPSA) is 87.7 Å². The predicted molar refractivity (Wildman–Crippen MR) is 65.0 cm³/mol. The Kier molecular flexibility index (Phi) is 3.35. The second kappa shape index (κ2) is 5.10. The zero-order valence-electron chi connectivity index (χ0n) is 9.58. The van der Waals surface area contributed by atoms with Gasteiger partial charge in [0.25, 0.3) is 0 Å². The number of rotatable bonds is 2. The lowest BCUT2D eigenvalue weighted by atomic mass is 10.2. The highest BCUT2D eigenvalue weighted by molar-refractivity contribution is 5.91. The first kappa shape index (κ1) is 12.5. The fraction of sp³-hybridized carbons (Fsp3) is 0. The Morgan fingerprint density at radius 3 is 2.26 bits per heavy atom. The van der Waals surface area contributed by atoms with Crippen LogP contribution in [0.15, 0.2) is 40.8 Å². The SMILES string of the molecule is O=C(O)c1cc(C#Cc2ccccc2)c(C(=O)O)o1. The number of hydrogen-bond donors (Lipinski definition) is 2. The van der Waals surface area contributed by atoms with Crippen LogP contribution in [0.5, 0.6) is 0 Å². The minimum atomic E-state index is -1.36. The molecule has 19 heavy (non-hydrogen) atoms. The van der Waals surface area contributed by atoms with Gasteiger partial charge in [0, 0.05) is 11.6 Å². The molecule has 1 aromatic heterocycles. The van der Waals surface area contributed by atoms with Gasteiger partial charge >= 0.3 is 11.9 Å². The summed E-state index contributed by atoms with van der Waals surface area (Å²) in [5, 5.41) is 17.7. The molecule has 0 bridgehead atoms. The third kappa shape index (κ3) is 2.82. The van der Waals surface area contributed by atoms with E-state index < -0.39 is 23.5 Å². The van der Waals surface area contributed by atoms with E-state index in [9.17, 15) is 9.59 Å². The van der Waals surface area contributed by atoms with Crippen molar-refractivity contribution in [3.05, 3.63) is 59.0 Å². The highest BCUT2D eigenvalue weighted by atomic mass is 16.4. The van der Waals surface area contributed by atoms with E-state index in [0.29, 0.717) is 5.56 Å². The summed E-state index contributed by atoms with van der Waals surface area (Å²) in [6.07, 6.45) is 0. The summed E-state index contributed by atoms with van der Waals surface area (Å²) in [7, 11) is 0. The molecule has 0 radical (unpaired) electrons. The molecule has 0 amide bonds. The lowest BCUT2D eigenvalue weighted by Crippen LogP contribution is -1.96. The van der Waals surface area contributed by atoms with Gasteiger partial charge in [-0.05, 0) is 12.1 Å². The minimum absolute atomic E-state index is 0.0359. The molecular weight excluding hydrogens is 248 g/mol. The molecule has 94 valence electrons. The standard InChI is InChI=1S/C14H8O5/c15-13(16)11-8-10(12(19-11)14(17)18)7-6-9-4-2-1-3-5-9/h1-5,8H,(H,15,16)(H,17,18). The van der Waals surface area contributed by atoms with E-state index in [2.05, 4.69) is 11.8 Å². The van der Waals surface area contributed by atoms with Crippen LogP contribution in [-0.4, -0.2) is 22.2 Å². The molecule has 0 saturated carbocycles. The van der Waals surface area contributed by atoms with Gasteiger partial charge in [0.1, 0.15) is 0 Å². The maximum Gasteiger partial charge on any atom is 0.373 e. The first-order valence-electron chi connectivity index (χ1n) is 5.25. The van der Waals surface area contributed by atoms with Gasteiger partial charge in [0.15, 0.2) is 0 Å². The molecule has 0 unspecified atom stereocenters. The Labute approximate surface area is 108 Å². The lowest BCUT2D eigenvalue weighted by molar-refractivity contribution is 0.0631. The average molecular weight is 256 g/mol. The van der Waals surface area contributed by atoms with E-state index in [1.54, 1.807) is 24.3 Å². The first-order valence-corrected chi connectivity index (χ1v) is 5.25. The van der Waals surface area contributed by atoms with Crippen LogP contribution in [0.25, 0.3) is 0 Å². The molecule has 2 rings (SSSR count). The number of furan rings is 1. The first-order chi connectivity index (χ1) is 9.08. The Morgan fingerprint density at radius 1 is 1.00 bits per heavy atom. The summed E-state index contributed by atoms with van der Waals surface area (Å²) in [5.74, 6) is 1.73. The number of benzene rings is 1. The summed E-state index contributed by atoms with van der Waals surface area (Å²) in [6.45, 7) is 0. The maximum atomic E-state index is 10.9. The van der Waals surface area contributed by atoms with Crippen molar-refractivity contribution in [2.75, 3.05) is 0 Å². The van der Waals surface area contributed by atoms with Crippen molar-refractivity contribution in [3.8, 4) is 11.8 Å². The molecule has 1 heterocycles. The van der Waals surface area contributed by atoms with Crippen molar-refractivity contribution in [3.63, 3.8) is 0 Å². The zero-order valence-corrected chi connectivity index (χ0v) is 9.58. The molecule has 0 atom stereocenters. The van der Waals surface area contributed by atoms with Crippen molar-refractivity contribution in [2.45, 2.75) is 0 Å². The molecule has 2 aromatic rings. The van der Waals surface area contributed by atoms with Crippen molar-refractivity contribution in [2.24, 2.45) is 0 Å².